The predicted molar refractivity (Wildman–Crippen MR) is 128 cm³/mol. The van der Waals surface area contributed by atoms with Crippen LogP contribution in [0.5, 0.6) is 0 Å². The fourth-order valence-corrected chi connectivity index (χ4v) is 4.72. The Kier molecular flexibility index (Phi) is 5.71. The Labute approximate surface area is 196 Å². The maximum atomic E-state index is 13.2. The van der Waals surface area contributed by atoms with Crippen LogP contribution in [0.15, 0.2) is 66.4 Å². The highest BCUT2D eigenvalue weighted by Crippen LogP contribution is 2.29. The molecule has 1 saturated heterocycles. The van der Waals surface area contributed by atoms with Crippen LogP contribution in [-0.4, -0.2) is 39.3 Å². The number of hydrogen-bond donors (Lipinski definition) is 2. The molecule has 0 radical (unpaired) electrons. The number of rotatable bonds is 5. The van der Waals surface area contributed by atoms with Crippen LogP contribution in [0.1, 0.15) is 31.2 Å². The second-order valence-corrected chi connectivity index (χ2v) is 8.57. The van der Waals surface area contributed by atoms with E-state index in [2.05, 4.69) is 10.6 Å². The van der Waals surface area contributed by atoms with Crippen LogP contribution in [0.3, 0.4) is 0 Å². The molecule has 0 bridgehead atoms. The number of benzene rings is 2. The third-order valence-corrected chi connectivity index (χ3v) is 6.31. The number of carbonyl (C=O) groups excluding carboxylic acids is 4. The van der Waals surface area contributed by atoms with Crippen molar-refractivity contribution >= 4 is 46.4 Å². The Bertz CT molecular complexity index is 1320. The topological polar surface area (TPSA) is 101 Å². The first kappa shape index (κ1) is 21.6. The number of carbonyl (C=O) groups is 4. The molecule has 3 aromatic rings. The molecule has 8 nitrogen and oxygen atoms in total. The summed E-state index contributed by atoms with van der Waals surface area (Å²) in [5.74, 6) is -1.47. The SMILES string of the molecule is O=C(Cn1cc(/C=C2\C(=O)NC(=O)N(C3CCCC3)C2=O)c2ccccc21)Nc1ccccc1. The molecule has 2 N–H and O–H groups in total. The number of para-hydroxylation sites is 2. The molecular weight excluding hydrogens is 432 g/mol. The lowest BCUT2D eigenvalue weighted by molar-refractivity contribution is -0.131. The van der Waals surface area contributed by atoms with Gasteiger partial charge in [-0.15, -0.1) is 0 Å². The van der Waals surface area contributed by atoms with Crippen molar-refractivity contribution in [1.29, 1.82) is 0 Å². The van der Waals surface area contributed by atoms with Crippen molar-refractivity contribution in [3.8, 4) is 0 Å². The van der Waals surface area contributed by atoms with E-state index < -0.39 is 17.8 Å². The van der Waals surface area contributed by atoms with E-state index in [4.69, 9.17) is 0 Å². The molecule has 0 unspecified atom stereocenters. The largest absolute Gasteiger partial charge is 0.337 e. The molecule has 0 atom stereocenters. The van der Waals surface area contributed by atoms with E-state index in [0.717, 1.165) is 36.6 Å². The smallest absolute Gasteiger partial charge is 0.331 e. The molecule has 2 fully saturated rings. The van der Waals surface area contributed by atoms with Gasteiger partial charge in [0.15, 0.2) is 0 Å². The summed E-state index contributed by atoms with van der Waals surface area (Å²) in [7, 11) is 0. The van der Waals surface area contributed by atoms with Crippen LogP contribution in [0.2, 0.25) is 0 Å². The summed E-state index contributed by atoms with van der Waals surface area (Å²) >= 11 is 0. The first-order chi connectivity index (χ1) is 16.5. The minimum Gasteiger partial charge on any atom is -0.337 e. The van der Waals surface area contributed by atoms with Crippen LogP contribution < -0.4 is 10.6 Å². The van der Waals surface area contributed by atoms with E-state index in [1.54, 1.807) is 10.8 Å². The molecule has 1 aliphatic heterocycles. The van der Waals surface area contributed by atoms with E-state index >= 15 is 0 Å². The average Bonchev–Trinajstić information content (AvgIpc) is 3.46. The van der Waals surface area contributed by atoms with Crippen LogP contribution >= 0.6 is 0 Å². The molecule has 5 amide bonds. The van der Waals surface area contributed by atoms with Gasteiger partial charge in [0.25, 0.3) is 11.8 Å². The summed E-state index contributed by atoms with van der Waals surface area (Å²) in [6, 6.07) is 15.8. The second-order valence-electron chi connectivity index (χ2n) is 8.57. The fourth-order valence-electron chi connectivity index (χ4n) is 4.72. The third kappa shape index (κ3) is 4.10. The quantitative estimate of drug-likeness (QED) is 0.452. The molecule has 8 heteroatoms. The maximum Gasteiger partial charge on any atom is 0.331 e. The van der Waals surface area contributed by atoms with Gasteiger partial charge in [-0.1, -0.05) is 49.2 Å². The van der Waals surface area contributed by atoms with Gasteiger partial charge in [0.05, 0.1) is 0 Å². The van der Waals surface area contributed by atoms with Gasteiger partial charge >= 0.3 is 6.03 Å². The Morgan fingerprint density at radius 1 is 1.00 bits per heavy atom. The summed E-state index contributed by atoms with van der Waals surface area (Å²) in [4.78, 5) is 52.0. The van der Waals surface area contributed by atoms with Gasteiger partial charge in [-0.25, -0.2) is 4.79 Å². The lowest BCUT2D eigenvalue weighted by Gasteiger charge is -2.31. The van der Waals surface area contributed by atoms with E-state index in [1.807, 2.05) is 54.6 Å². The highest BCUT2D eigenvalue weighted by Gasteiger charge is 2.40. The number of imide groups is 2. The zero-order chi connectivity index (χ0) is 23.7. The van der Waals surface area contributed by atoms with Gasteiger partial charge < -0.3 is 9.88 Å². The highest BCUT2D eigenvalue weighted by molar-refractivity contribution is 6.31. The summed E-state index contributed by atoms with van der Waals surface area (Å²) in [5, 5.41) is 5.97. The number of nitrogens with one attached hydrogen (secondary N) is 2. The van der Waals surface area contributed by atoms with Gasteiger partial charge in [0.2, 0.25) is 5.91 Å². The summed E-state index contributed by atoms with van der Waals surface area (Å²) in [6.45, 7) is 0.0609. The first-order valence-corrected chi connectivity index (χ1v) is 11.3. The maximum absolute atomic E-state index is 13.2. The van der Waals surface area contributed by atoms with Crippen molar-refractivity contribution in [3.05, 3.63) is 71.9 Å². The first-order valence-electron chi connectivity index (χ1n) is 11.3. The highest BCUT2D eigenvalue weighted by atomic mass is 16.2. The molecule has 2 aliphatic rings. The van der Waals surface area contributed by atoms with Crippen LogP contribution in [0.4, 0.5) is 10.5 Å². The fraction of sp³-hybridized carbons (Fsp3) is 0.231. The minimum absolute atomic E-state index is 0.0609. The van der Waals surface area contributed by atoms with Crippen molar-refractivity contribution in [1.82, 2.24) is 14.8 Å². The number of urea groups is 1. The second kappa shape index (κ2) is 8.97. The Morgan fingerprint density at radius 2 is 1.71 bits per heavy atom. The van der Waals surface area contributed by atoms with Gasteiger partial charge in [0.1, 0.15) is 12.1 Å². The lowest BCUT2D eigenvalue weighted by atomic mass is 10.0. The van der Waals surface area contributed by atoms with Crippen molar-refractivity contribution in [2.75, 3.05) is 5.32 Å². The molecule has 5 rings (SSSR count). The van der Waals surface area contributed by atoms with Gasteiger partial charge in [-0.05, 0) is 37.1 Å². The third-order valence-electron chi connectivity index (χ3n) is 6.31. The predicted octanol–water partition coefficient (Wildman–Crippen LogP) is 3.68. The zero-order valence-electron chi connectivity index (χ0n) is 18.5. The number of amides is 5. The van der Waals surface area contributed by atoms with Crippen LogP contribution in [0.25, 0.3) is 17.0 Å². The van der Waals surface area contributed by atoms with E-state index in [-0.39, 0.29) is 24.1 Å². The standard InChI is InChI=1S/C26H24N4O4/c31-23(27-18-8-2-1-3-9-18)16-29-15-17(20-12-6-7-13-22(20)29)14-21-24(32)28-26(34)30(25(21)33)19-10-4-5-11-19/h1-3,6-9,12-15,19H,4-5,10-11,16H2,(H,27,31)(H,28,32,34)/b21-14+. The molecule has 1 aromatic heterocycles. The molecule has 34 heavy (non-hydrogen) atoms. The normalized spacial score (nSPS) is 18.1. The zero-order valence-corrected chi connectivity index (χ0v) is 18.5. The number of fused-ring (bicyclic) bond motifs is 1. The summed E-state index contributed by atoms with van der Waals surface area (Å²) < 4.78 is 1.78. The number of nitrogens with zero attached hydrogens (tertiary/aromatic N) is 2. The number of barbiturate groups is 1. The van der Waals surface area contributed by atoms with Crippen molar-refractivity contribution < 1.29 is 19.2 Å². The molecular formula is C26H24N4O4. The number of hydrogen-bond acceptors (Lipinski definition) is 4. The molecule has 1 aliphatic carbocycles. The van der Waals surface area contributed by atoms with E-state index in [9.17, 15) is 19.2 Å². The Balaban J connectivity index is 1.46. The minimum atomic E-state index is -0.706. The van der Waals surface area contributed by atoms with E-state index in [1.165, 1.54) is 11.0 Å². The average molecular weight is 457 g/mol. The van der Waals surface area contributed by atoms with Crippen molar-refractivity contribution in [2.45, 2.75) is 38.3 Å². The van der Waals surface area contributed by atoms with Gasteiger partial charge in [-0.2, -0.15) is 0 Å². The summed E-state index contributed by atoms with van der Waals surface area (Å²) in [5.41, 5.74) is 2.04. The van der Waals surface area contributed by atoms with Gasteiger partial charge in [-0.3, -0.25) is 24.6 Å². The van der Waals surface area contributed by atoms with Crippen molar-refractivity contribution in [2.24, 2.45) is 0 Å². The molecule has 172 valence electrons. The lowest BCUT2D eigenvalue weighted by Crippen LogP contribution is -2.57. The molecule has 2 heterocycles. The Hall–Kier alpha value is -4.20. The number of aromatic nitrogens is 1. The molecule has 1 saturated carbocycles. The molecule has 0 spiro atoms. The molecule has 2 aromatic carbocycles. The summed E-state index contributed by atoms with van der Waals surface area (Å²) in [6.07, 6.45) is 6.66. The Morgan fingerprint density at radius 3 is 2.47 bits per heavy atom. The van der Waals surface area contributed by atoms with Crippen LogP contribution in [-0.2, 0) is 20.9 Å². The van der Waals surface area contributed by atoms with Gasteiger partial charge in [0, 0.05) is 34.4 Å². The number of anilines is 1. The monoisotopic (exact) mass is 456 g/mol. The van der Waals surface area contributed by atoms with Crippen molar-refractivity contribution in [3.63, 3.8) is 0 Å². The van der Waals surface area contributed by atoms with E-state index in [0.29, 0.717) is 11.3 Å². The van der Waals surface area contributed by atoms with Crippen LogP contribution in [0, 0.1) is 0 Å².